The molecule has 0 radical (unpaired) electrons. The molecule has 0 saturated heterocycles. The molecule has 0 amide bonds. The van der Waals surface area contributed by atoms with Gasteiger partial charge in [0.1, 0.15) is 0 Å². The number of hydrogen-bond acceptors (Lipinski definition) is 2. The van der Waals surface area contributed by atoms with Crippen LogP contribution in [-0.2, 0) is 0 Å². The van der Waals surface area contributed by atoms with Gasteiger partial charge in [0, 0.05) is 43.8 Å². The van der Waals surface area contributed by atoms with Gasteiger partial charge in [-0.2, -0.15) is 0 Å². The summed E-state index contributed by atoms with van der Waals surface area (Å²) in [6.45, 7) is 0. The second-order valence-electron chi connectivity index (χ2n) is 15.0. The number of nitrogens with one attached hydrogen (secondary N) is 1. The maximum atomic E-state index is 5.23. The van der Waals surface area contributed by atoms with Gasteiger partial charge in [0.05, 0.1) is 16.9 Å². The zero-order valence-electron chi connectivity index (χ0n) is 30.9. The van der Waals surface area contributed by atoms with Crippen LogP contribution < -0.4 is 0 Å². The fraction of sp³-hybridized carbons (Fsp3) is 0. The highest BCUT2D eigenvalue weighted by atomic mass is 14.9. The molecule has 0 aliphatic carbocycles. The first-order chi connectivity index (χ1) is 28.2. The summed E-state index contributed by atoms with van der Waals surface area (Å²) in [6, 6.07) is 69.8. The van der Waals surface area contributed by atoms with Crippen LogP contribution in [0.25, 0.3) is 121 Å². The van der Waals surface area contributed by atoms with Crippen molar-refractivity contribution < 1.29 is 0 Å². The van der Waals surface area contributed by atoms with Crippen molar-refractivity contribution in [3.63, 3.8) is 0 Å². The van der Waals surface area contributed by atoms with Crippen LogP contribution in [-0.4, -0.2) is 15.0 Å². The molecule has 1 N–H and O–H groups in total. The smallest absolute Gasteiger partial charge is 0.160 e. The highest BCUT2D eigenvalue weighted by Crippen LogP contribution is 2.45. The van der Waals surface area contributed by atoms with Crippen LogP contribution in [0.2, 0.25) is 0 Å². The molecule has 2 aromatic heterocycles. The highest BCUT2D eigenvalue weighted by molar-refractivity contribution is 6.37. The quantitative estimate of drug-likeness (QED) is 0.184. The minimum atomic E-state index is 0.710. The monoisotopic (exact) mass is 723 g/mol. The predicted molar refractivity (Wildman–Crippen MR) is 241 cm³/mol. The summed E-state index contributed by atoms with van der Waals surface area (Å²) in [5, 5.41) is 14.8. The average Bonchev–Trinajstić information content (AvgIpc) is 3.68. The van der Waals surface area contributed by atoms with Crippen LogP contribution in [0.1, 0.15) is 0 Å². The number of aromatic amines is 1. The molecule has 12 rings (SSSR count). The minimum absolute atomic E-state index is 0.710. The Morgan fingerprint density at radius 3 is 1.58 bits per heavy atom. The summed E-state index contributed by atoms with van der Waals surface area (Å²) in [4.78, 5) is 14.2. The lowest BCUT2D eigenvalue weighted by atomic mass is 9.88. The minimum Gasteiger partial charge on any atom is -0.354 e. The van der Waals surface area contributed by atoms with E-state index in [1.165, 1.54) is 81.3 Å². The van der Waals surface area contributed by atoms with Crippen LogP contribution in [0.3, 0.4) is 0 Å². The van der Waals surface area contributed by atoms with Crippen molar-refractivity contribution in [2.24, 2.45) is 0 Å². The number of hydrogen-bond donors (Lipinski definition) is 1. The lowest BCUT2D eigenvalue weighted by Crippen LogP contribution is -1.96. The lowest BCUT2D eigenvalue weighted by molar-refractivity contribution is 1.18. The van der Waals surface area contributed by atoms with Gasteiger partial charge in [0.15, 0.2) is 5.82 Å². The molecule has 2 heterocycles. The first-order valence-electron chi connectivity index (χ1n) is 19.5. The normalized spacial score (nSPS) is 11.9. The van der Waals surface area contributed by atoms with E-state index in [9.17, 15) is 0 Å². The summed E-state index contributed by atoms with van der Waals surface area (Å²) in [5.74, 6) is 0.710. The molecule has 0 aliphatic rings. The Bertz CT molecular complexity index is 3480. The van der Waals surface area contributed by atoms with Gasteiger partial charge in [-0.05, 0) is 84.5 Å². The van der Waals surface area contributed by atoms with Gasteiger partial charge in [-0.1, -0.05) is 164 Å². The predicted octanol–water partition coefficient (Wildman–Crippen LogP) is 14.5. The molecule has 0 atom stereocenters. The SMILES string of the molecule is c1ccc2cc(-c3cc(-c4ccc(-c5cc6c7ccccc7c7[nH]c8ccccc8c7c6c6ccccc56)cc4)nc(-c4ccc5ccccc5c4)n3)ccc2c1. The van der Waals surface area contributed by atoms with E-state index in [0.29, 0.717) is 5.82 Å². The maximum Gasteiger partial charge on any atom is 0.160 e. The Balaban J connectivity index is 1.04. The summed E-state index contributed by atoms with van der Waals surface area (Å²) in [5.41, 5.74) is 9.62. The number of nitrogens with zero attached hydrogens (tertiary/aromatic N) is 2. The van der Waals surface area contributed by atoms with Gasteiger partial charge in [-0.25, -0.2) is 9.97 Å². The molecule has 10 aromatic carbocycles. The van der Waals surface area contributed by atoms with Crippen LogP contribution in [0, 0.1) is 0 Å². The Labute approximate surface area is 328 Å². The van der Waals surface area contributed by atoms with Crippen molar-refractivity contribution in [1.82, 2.24) is 15.0 Å². The number of para-hydroxylation sites is 1. The molecular formula is C54H33N3. The second-order valence-corrected chi connectivity index (χ2v) is 15.0. The van der Waals surface area contributed by atoms with Crippen molar-refractivity contribution in [2.75, 3.05) is 0 Å². The van der Waals surface area contributed by atoms with Crippen LogP contribution in [0.5, 0.6) is 0 Å². The molecule has 0 aliphatic heterocycles. The third-order valence-corrected chi connectivity index (χ3v) is 11.8. The van der Waals surface area contributed by atoms with E-state index >= 15 is 0 Å². The van der Waals surface area contributed by atoms with E-state index in [4.69, 9.17) is 9.97 Å². The van der Waals surface area contributed by atoms with Crippen LogP contribution in [0.15, 0.2) is 194 Å². The standard InChI is InChI=1S/C54H33N3/c1-3-13-37-29-39(27-21-33(37)11-1)50-32-49(56-54(57-50)40-28-22-34-12-2-4-14-38(34)30-40)36-25-23-35(24-26-36)46-31-47-42-16-6-8-18-44(42)53-52(45-19-9-10-20-48(45)55-53)51(47)43-17-7-5-15-41(43)46/h1-32,55H. The van der Waals surface area contributed by atoms with E-state index in [-0.39, 0.29) is 0 Å². The summed E-state index contributed by atoms with van der Waals surface area (Å²) in [6.07, 6.45) is 0. The number of benzene rings is 10. The Morgan fingerprint density at radius 2 is 0.842 bits per heavy atom. The van der Waals surface area contributed by atoms with Gasteiger partial charge >= 0.3 is 0 Å². The Morgan fingerprint density at radius 1 is 0.316 bits per heavy atom. The zero-order valence-corrected chi connectivity index (χ0v) is 30.9. The van der Waals surface area contributed by atoms with Gasteiger partial charge in [-0.15, -0.1) is 0 Å². The molecular weight excluding hydrogens is 691 g/mol. The molecule has 264 valence electrons. The van der Waals surface area contributed by atoms with Crippen LogP contribution >= 0.6 is 0 Å². The molecule has 3 heteroatoms. The van der Waals surface area contributed by atoms with Gasteiger partial charge < -0.3 is 4.98 Å². The van der Waals surface area contributed by atoms with E-state index in [1.807, 2.05) is 0 Å². The van der Waals surface area contributed by atoms with Crippen molar-refractivity contribution in [3.8, 4) is 45.0 Å². The van der Waals surface area contributed by atoms with Crippen molar-refractivity contribution >= 4 is 75.7 Å². The fourth-order valence-electron chi connectivity index (χ4n) is 9.01. The Kier molecular flexibility index (Phi) is 6.93. The molecule has 0 fully saturated rings. The number of rotatable bonds is 4. The van der Waals surface area contributed by atoms with Crippen molar-refractivity contribution in [3.05, 3.63) is 194 Å². The topological polar surface area (TPSA) is 41.6 Å². The lowest BCUT2D eigenvalue weighted by Gasteiger charge is -2.15. The molecule has 12 aromatic rings. The molecule has 0 saturated carbocycles. The Hall–Kier alpha value is -7.62. The summed E-state index contributed by atoms with van der Waals surface area (Å²) in [7, 11) is 0. The first kappa shape index (κ1) is 31.7. The van der Waals surface area contributed by atoms with E-state index in [1.54, 1.807) is 0 Å². The fourth-order valence-corrected chi connectivity index (χ4v) is 9.01. The third kappa shape index (κ3) is 5.06. The summed E-state index contributed by atoms with van der Waals surface area (Å²) < 4.78 is 0. The molecule has 57 heavy (non-hydrogen) atoms. The summed E-state index contributed by atoms with van der Waals surface area (Å²) >= 11 is 0. The molecule has 0 spiro atoms. The molecule has 0 bridgehead atoms. The maximum absolute atomic E-state index is 5.23. The number of fused-ring (bicyclic) bond motifs is 12. The van der Waals surface area contributed by atoms with Gasteiger partial charge in [0.2, 0.25) is 0 Å². The highest BCUT2D eigenvalue weighted by Gasteiger charge is 2.19. The first-order valence-corrected chi connectivity index (χ1v) is 19.5. The average molecular weight is 724 g/mol. The number of aromatic nitrogens is 3. The largest absolute Gasteiger partial charge is 0.354 e. The van der Waals surface area contributed by atoms with Gasteiger partial charge in [-0.3, -0.25) is 0 Å². The van der Waals surface area contributed by atoms with Crippen LogP contribution in [0.4, 0.5) is 0 Å². The molecule has 0 unspecified atom stereocenters. The van der Waals surface area contributed by atoms with Crippen molar-refractivity contribution in [1.29, 1.82) is 0 Å². The third-order valence-electron chi connectivity index (χ3n) is 11.8. The van der Waals surface area contributed by atoms with E-state index in [2.05, 4.69) is 199 Å². The van der Waals surface area contributed by atoms with Gasteiger partial charge in [0.25, 0.3) is 0 Å². The number of H-pyrrole nitrogens is 1. The van der Waals surface area contributed by atoms with E-state index in [0.717, 1.165) is 33.6 Å². The van der Waals surface area contributed by atoms with Crippen molar-refractivity contribution in [2.45, 2.75) is 0 Å². The zero-order chi connectivity index (χ0) is 37.5. The second kappa shape index (κ2) is 12.5. The molecule has 3 nitrogen and oxygen atoms in total. The van der Waals surface area contributed by atoms with E-state index < -0.39 is 0 Å².